The van der Waals surface area contributed by atoms with Gasteiger partial charge in [0.2, 0.25) is 5.91 Å². The van der Waals surface area contributed by atoms with Gasteiger partial charge in [0, 0.05) is 43.1 Å². The molecule has 1 aliphatic heterocycles. The van der Waals surface area contributed by atoms with Crippen molar-refractivity contribution < 1.29 is 38.1 Å². The van der Waals surface area contributed by atoms with E-state index in [4.69, 9.17) is 34.1 Å². The Morgan fingerprint density at radius 2 is 1.83 bits per heavy atom. The number of methoxy groups -OCH3 is 1. The molecule has 1 unspecified atom stereocenters. The number of carbonyl (C=O) groups is 2. The van der Waals surface area contributed by atoms with E-state index >= 15 is 0 Å². The maximum atomic E-state index is 13.2. The van der Waals surface area contributed by atoms with Crippen LogP contribution >= 0.6 is 0 Å². The van der Waals surface area contributed by atoms with Crippen LogP contribution in [0.2, 0.25) is 0 Å². The number of benzene rings is 1. The quantitative estimate of drug-likeness (QED) is 0.168. The number of aliphatic hydroxyl groups excluding tert-OH is 1. The van der Waals surface area contributed by atoms with Crippen LogP contribution in [0.5, 0.6) is 11.5 Å². The van der Waals surface area contributed by atoms with Crippen molar-refractivity contribution in [2.75, 3.05) is 32.2 Å². The van der Waals surface area contributed by atoms with Crippen LogP contribution in [0.15, 0.2) is 28.9 Å². The summed E-state index contributed by atoms with van der Waals surface area (Å²) in [5.74, 6) is 0.578. The fraction of sp³-hybridized carbons (Fsp3) is 0.632. The van der Waals surface area contributed by atoms with Crippen LogP contribution < -0.4 is 25.8 Å². The summed E-state index contributed by atoms with van der Waals surface area (Å²) in [6, 6.07) is 4.43. The van der Waals surface area contributed by atoms with Gasteiger partial charge in [-0.1, -0.05) is 20.8 Å². The van der Waals surface area contributed by atoms with Crippen molar-refractivity contribution in [2.45, 2.75) is 110 Å². The molecular weight excluding hydrogens is 668 g/mol. The maximum Gasteiger partial charge on any atom is 0.407 e. The van der Waals surface area contributed by atoms with Gasteiger partial charge in [0.15, 0.2) is 0 Å². The molecule has 4 aliphatic rings. The Hall–Kier alpha value is -4.14. The minimum atomic E-state index is -1.25. The van der Waals surface area contributed by atoms with E-state index in [0.29, 0.717) is 58.5 Å². The fourth-order valence-corrected chi connectivity index (χ4v) is 8.51. The number of anilines is 1. The lowest BCUT2D eigenvalue weighted by Gasteiger charge is -2.40. The van der Waals surface area contributed by atoms with Crippen molar-refractivity contribution in [3.63, 3.8) is 0 Å². The van der Waals surface area contributed by atoms with Crippen molar-refractivity contribution in [2.24, 2.45) is 22.0 Å². The third-order valence-electron chi connectivity index (χ3n) is 11.4. The van der Waals surface area contributed by atoms with E-state index < -0.39 is 41.8 Å². The van der Waals surface area contributed by atoms with Crippen molar-refractivity contribution >= 4 is 28.9 Å². The van der Waals surface area contributed by atoms with Gasteiger partial charge in [-0.25, -0.2) is 9.78 Å². The normalized spacial score (nSPS) is 27.5. The number of aliphatic hydroxyl groups is 1. The first-order valence-corrected chi connectivity index (χ1v) is 18.3. The van der Waals surface area contributed by atoms with Gasteiger partial charge >= 0.3 is 6.09 Å². The van der Waals surface area contributed by atoms with Gasteiger partial charge < -0.3 is 44.8 Å². The average molecular weight is 721 g/mol. The number of oxazole rings is 1. The van der Waals surface area contributed by atoms with E-state index in [9.17, 15) is 14.7 Å². The number of nitrogens with two attached hydrogens (primary N) is 1. The molecule has 1 aromatic carbocycles. The molecule has 282 valence electrons. The Morgan fingerprint density at radius 1 is 1.10 bits per heavy atom. The third-order valence-corrected chi connectivity index (χ3v) is 11.4. The Bertz CT molecular complexity index is 1820. The predicted octanol–water partition coefficient (Wildman–Crippen LogP) is 4.75. The standard InChI is InChI=1S/C38H52N6O8/c1-20(2)40-34-42-26(17-50-34)25-13-29(24-8-9-28(49-11-10-48-7)21(3)30(24)41-25)51-22-12-27(32(39)45)44(16-22)33(46)31(36(4,5)6)43-35(47)52-23-14-37-18-38(37,15-23)19-37/h8-9,13,17,20,22-23,27,31,33,46H,10-12,14-16,18-19H2,1-7H3,(H2,39,45)(H,40,42)(H,43,47)/t22-,23?,27-,31+,33?,37?,38?/m0/s1. The first-order valence-electron chi connectivity index (χ1n) is 18.3. The van der Waals surface area contributed by atoms with Gasteiger partial charge in [-0.2, -0.15) is 4.98 Å². The topological polar surface area (TPSA) is 184 Å². The van der Waals surface area contributed by atoms with Crippen molar-refractivity contribution in [3.05, 3.63) is 30.0 Å². The highest BCUT2D eigenvalue weighted by molar-refractivity contribution is 5.91. The largest absolute Gasteiger partial charge is 0.491 e. The summed E-state index contributed by atoms with van der Waals surface area (Å²) in [6.45, 7) is 12.7. The summed E-state index contributed by atoms with van der Waals surface area (Å²) < 4.78 is 29.4. The lowest BCUT2D eigenvalue weighted by atomic mass is 9.85. The number of carbonyl (C=O) groups excluding carboxylic acids is 2. The Morgan fingerprint density at radius 3 is 2.48 bits per heavy atom. The highest BCUT2D eigenvalue weighted by Crippen LogP contribution is 2.93. The molecule has 1 saturated heterocycles. The zero-order valence-electron chi connectivity index (χ0n) is 31.2. The zero-order valence-corrected chi connectivity index (χ0v) is 31.2. The van der Waals surface area contributed by atoms with E-state index in [1.807, 2.05) is 53.7 Å². The van der Waals surface area contributed by atoms with E-state index in [2.05, 4.69) is 15.6 Å². The number of rotatable bonds is 14. The number of hydrogen-bond donors (Lipinski definition) is 4. The van der Waals surface area contributed by atoms with Gasteiger partial charge in [-0.3, -0.25) is 9.69 Å². The number of amides is 2. The molecule has 4 atom stereocenters. The van der Waals surface area contributed by atoms with Gasteiger partial charge in [-0.05, 0) is 74.8 Å². The van der Waals surface area contributed by atoms with Gasteiger partial charge in [0.1, 0.15) is 48.5 Å². The number of primary amides is 1. The number of nitrogens with one attached hydrogen (secondary N) is 2. The molecule has 0 spiro atoms. The molecule has 0 radical (unpaired) electrons. The fourth-order valence-electron chi connectivity index (χ4n) is 8.51. The third kappa shape index (κ3) is 6.88. The summed E-state index contributed by atoms with van der Waals surface area (Å²) in [5, 5.41) is 18.7. The number of likely N-dealkylation sites (tertiary alicyclic amines) is 1. The molecule has 14 nitrogen and oxygen atoms in total. The van der Waals surface area contributed by atoms with E-state index in [1.54, 1.807) is 18.1 Å². The average Bonchev–Trinajstić information content (AvgIpc) is 3.49. The molecule has 3 heterocycles. The monoisotopic (exact) mass is 720 g/mol. The smallest absolute Gasteiger partial charge is 0.407 e. The van der Waals surface area contributed by atoms with Crippen LogP contribution in [0.25, 0.3) is 22.3 Å². The lowest BCUT2D eigenvalue weighted by molar-refractivity contribution is -0.128. The molecule has 3 aromatic rings. The SMILES string of the molecule is COCCOc1ccc2c(O[C@H]3C[C@@H](C(N)=O)N(C(O)[C@@H](NC(=O)OC4CC56CC5(C4)C6)C(C)(C)C)C3)cc(-c3coc(NC(C)C)n3)nc2c1C. The van der Waals surface area contributed by atoms with Crippen LogP contribution in [-0.4, -0.2) is 95.4 Å². The highest BCUT2D eigenvalue weighted by atomic mass is 16.6. The number of aryl methyl sites for hydroxylation is 1. The van der Waals surface area contributed by atoms with Crippen molar-refractivity contribution in [3.8, 4) is 22.9 Å². The molecule has 0 bridgehead atoms. The van der Waals surface area contributed by atoms with Gasteiger partial charge in [0.25, 0.3) is 6.01 Å². The molecule has 3 aliphatic carbocycles. The molecule has 14 heteroatoms. The number of ether oxygens (including phenoxy) is 4. The number of aromatic nitrogens is 2. The van der Waals surface area contributed by atoms with Crippen LogP contribution in [0, 0.1) is 23.2 Å². The highest BCUT2D eigenvalue weighted by Gasteiger charge is 2.86. The number of alkyl carbamates (subject to hydrolysis) is 1. The second-order valence-electron chi connectivity index (χ2n) is 16.6. The zero-order chi connectivity index (χ0) is 37.2. The summed E-state index contributed by atoms with van der Waals surface area (Å²) >= 11 is 0. The van der Waals surface area contributed by atoms with Crippen molar-refractivity contribution in [1.29, 1.82) is 0 Å². The molecule has 2 amide bonds. The summed E-state index contributed by atoms with van der Waals surface area (Å²) in [5.41, 5.74) is 8.67. The van der Waals surface area contributed by atoms with Crippen LogP contribution in [0.1, 0.15) is 72.3 Å². The van der Waals surface area contributed by atoms with E-state index in [0.717, 1.165) is 23.8 Å². The second-order valence-corrected chi connectivity index (χ2v) is 16.6. The lowest BCUT2D eigenvalue weighted by Crippen LogP contribution is -2.60. The minimum Gasteiger partial charge on any atom is -0.491 e. The first-order chi connectivity index (χ1) is 24.6. The van der Waals surface area contributed by atoms with Gasteiger partial charge in [0.05, 0.1) is 29.9 Å². The minimum absolute atomic E-state index is 0.102. The maximum absolute atomic E-state index is 13.2. The molecular formula is C38H52N6O8. The molecule has 52 heavy (non-hydrogen) atoms. The van der Waals surface area contributed by atoms with Crippen LogP contribution in [-0.2, 0) is 14.3 Å². The molecule has 5 N–H and O–H groups in total. The summed E-state index contributed by atoms with van der Waals surface area (Å²) in [7, 11) is 1.62. The molecule has 7 rings (SSSR count). The molecule has 2 aromatic heterocycles. The first kappa shape index (κ1) is 36.2. The van der Waals surface area contributed by atoms with Crippen LogP contribution in [0.3, 0.4) is 0 Å². The van der Waals surface area contributed by atoms with E-state index in [1.165, 1.54) is 19.1 Å². The Balaban J connectivity index is 1.13. The number of pyridine rings is 1. The number of hydrogen-bond acceptors (Lipinski definition) is 12. The molecule has 4 fully saturated rings. The Kier molecular flexibility index (Phi) is 9.31. The number of fused-ring (bicyclic) bond motifs is 1. The Labute approximate surface area is 304 Å². The summed E-state index contributed by atoms with van der Waals surface area (Å²) in [4.78, 5) is 37.2. The van der Waals surface area contributed by atoms with Gasteiger partial charge in [-0.15, -0.1) is 0 Å². The van der Waals surface area contributed by atoms with E-state index in [-0.39, 0.29) is 25.1 Å². The second kappa shape index (κ2) is 13.4. The number of nitrogens with zero attached hydrogens (tertiary/aromatic N) is 3. The van der Waals surface area contributed by atoms with Crippen molar-refractivity contribution in [1.82, 2.24) is 20.2 Å². The molecule has 3 saturated carbocycles. The predicted molar refractivity (Wildman–Crippen MR) is 193 cm³/mol. The summed E-state index contributed by atoms with van der Waals surface area (Å²) in [6.07, 6.45) is 3.66. The van der Waals surface area contributed by atoms with Crippen LogP contribution in [0.4, 0.5) is 10.8 Å².